The van der Waals surface area contributed by atoms with Gasteiger partial charge in [-0.2, -0.15) is 0 Å². The molecule has 0 bridgehead atoms. The molecule has 2 unspecified atom stereocenters. The summed E-state index contributed by atoms with van der Waals surface area (Å²) in [6, 6.07) is 0.273. The monoisotopic (exact) mass is 145 g/mol. The van der Waals surface area contributed by atoms with E-state index in [0.717, 1.165) is 6.42 Å². The minimum absolute atomic E-state index is 0.273. The summed E-state index contributed by atoms with van der Waals surface area (Å²) in [5.41, 5.74) is 5.81. The Kier molecular flexibility index (Phi) is 4.65. The van der Waals surface area contributed by atoms with E-state index in [2.05, 4.69) is 13.8 Å². The highest BCUT2D eigenvalue weighted by atomic mass is 16.5. The van der Waals surface area contributed by atoms with Crippen LogP contribution in [0.15, 0.2) is 0 Å². The number of ether oxygens (including phenoxy) is 1. The smallest absolute Gasteiger partial charge is 0.0558 e. The minimum Gasteiger partial charge on any atom is -0.382 e. The Hall–Kier alpha value is -0.0800. The van der Waals surface area contributed by atoms with Gasteiger partial charge in [0.1, 0.15) is 0 Å². The average molecular weight is 145 g/mol. The van der Waals surface area contributed by atoms with Gasteiger partial charge in [-0.05, 0) is 19.3 Å². The number of hydrogen-bond acceptors (Lipinski definition) is 2. The third-order valence-corrected chi connectivity index (χ3v) is 1.86. The van der Waals surface area contributed by atoms with Crippen LogP contribution in [-0.2, 0) is 4.74 Å². The molecule has 0 heterocycles. The van der Waals surface area contributed by atoms with E-state index >= 15 is 0 Å². The van der Waals surface area contributed by atoms with Crippen molar-refractivity contribution in [1.82, 2.24) is 0 Å². The molecule has 0 saturated carbocycles. The summed E-state index contributed by atoms with van der Waals surface area (Å²) < 4.78 is 5.09. The molecule has 2 N–H and O–H groups in total. The Labute approximate surface area is 63.7 Å². The van der Waals surface area contributed by atoms with Crippen LogP contribution in [0.4, 0.5) is 0 Å². The quantitative estimate of drug-likeness (QED) is 0.649. The number of hydrogen-bond donors (Lipinski definition) is 1. The van der Waals surface area contributed by atoms with Crippen LogP contribution in [0, 0.1) is 5.92 Å². The first-order valence-corrected chi connectivity index (χ1v) is 3.86. The third-order valence-electron chi connectivity index (χ3n) is 1.86. The maximum absolute atomic E-state index is 5.81. The summed E-state index contributed by atoms with van der Waals surface area (Å²) in [6.07, 6.45) is 1.24. The largest absolute Gasteiger partial charge is 0.382 e. The number of methoxy groups -OCH3 is 1. The van der Waals surface area contributed by atoms with Crippen LogP contribution in [0.3, 0.4) is 0 Å². The first-order chi connectivity index (χ1) is 4.57. The lowest BCUT2D eigenvalue weighted by atomic mass is 10.00. The van der Waals surface area contributed by atoms with E-state index in [0.29, 0.717) is 5.92 Å². The van der Waals surface area contributed by atoms with E-state index in [-0.39, 0.29) is 12.1 Å². The molecule has 0 amide bonds. The second-order valence-electron chi connectivity index (χ2n) is 3.19. The van der Waals surface area contributed by atoms with Gasteiger partial charge in [0.05, 0.1) is 6.10 Å². The van der Waals surface area contributed by atoms with Gasteiger partial charge in [-0.1, -0.05) is 13.8 Å². The second kappa shape index (κ2) is 4.69. The Bertz CT molecular complexity index is 83.3. The highest BCUT2D eigenvalue weighted by Crippen LogP contribution is 2.07. The van der Waals surface area contributed by atoms with Crippen molar-refractivity contribution in [2.24, 2.45) is 11.7 Å². The fourth-order valence-electron chi connectivity index (χ4n) is 0.752. The molecule has 0 aromatic carbocycles. The fourth-order valence-corrected chi connectivity index (χ4v) is 0.752. The maximum atomic E-state index is 5.81. The zero-order valence-electron chi connectivity index (χ0n) is 7.42. The first-order valence-electron chi connectivity index (χ1n) is 3.86. The Morgan fingerprint density at radius 1 is 1.30 bits per heavy atom. The molecule has 0 fully saturated rings. The molecule has 0 radical (unpaired) electrons. The lowest BCUT2D eigenvalue weighted by Crippen LogP contribution is -2.30. The molecular weight excluding hydrogens is 126 g/mol. The standard InChI is InChI=1S/C8H19NO/c1-6(2)8(9)5-7(3)10-4/h6-8H,5,9H2,1-4H3. The minimum atomic E-state index is 0.273. The van der Waals surface area contributed by atoms with Crippen LogP contribution in [0.5, 0.6) is 0 Å². The van der Waals surface area contributed by atoms with Crippen molar-refractivity contribution < 1.29 is 4.74 Å². The molecule has 0 aliphatic rings. The third kappa shape index (κ3) is 3.85. The molecule has 10 heavy (non-hydrogen) atoms. The zero-order valence-corrected chi connectivity index (χ0v) is 7.42. The molecule has 0 spiro atoms. The second-order valence-corrected chi connectivity index (χ2v) is 3.19. The lowest BCUT2D eigenvalue weighted by molar-refractivity contribution is 0.0997. The van der Waals surface area contributed by atoms with Gasteiger partial charge >= 0.3 is 0 Å². The maximum Gasteiger partial charge on any atom is 0.0558 e. The zero-order chi connectivity index (χ0) is 8.15. The molecule has 0 aliphatic heterocycles. The predicted molar refractivity (Wildman–Crippen MR) is 43.9 cm³/mol. The summed E-state index contributed by atoms with van der Waals surface area (Å²) in [4.78, 5) is 0. The van der Waals surface area contributed by atoms with Gasteiger partial charge in [0.25, 0.3) is 0 Å². The van der Waals surface area contributed by atoms with Crippen molar-refractivity contribution in [3.05, 3.63) is 0 Å². The molecule has 0 aliphatic carbocycles. The molecule has 0 rings (SSSR count). The number of nitrogens with two attached hydrogens (primary N) is 1. The Balaban J connectivity index is 3.46. The fraction of sp³-hybridized carbons (Fsp3) is 1.00. The summed E-state index contributed by atoms with van der Waals surface area (Å²) in [5.74, 6) is 0.553. The molecular formula is C8H19NO. The van der Waals surface area contributed by atoms with Gasteiger partial charge < -0.3 is 10.5 Å². The molecule has 0 aromatic rings. The van der Waals surface area contributed by atoms with Crippen LogP contribution >= 0.6 is 0 Å². The van der Waals surface area contributed by atoms with E-state index < -0.39 is 0 Å². The van der Waals surface area contributed by atoms with E-state index in [1.165, 1.54) is 0 Å². The van der Waals surface area contributed by atoms with E-state index in [4.69, 9.17) is 10.5 Å². The SMILES string of the molecule is COC(C)CC(N)C(C)C. The van der Waals surface area contributed by atoms with Crippen LogP contribution < -0.4 is 5.73 Å². The lowest BCUT2D eigenvalue weighted by Gasteiger charge is -2.18. The highest BCUT2D eigenvalue weighted by Gasteiger charge is 2.10. The van der Waals surface area contributed by atoms with Crippen LogP contribution in [0.25, 0.3) is 0 Å². The van der Waals surface area contributed by atoms with Gasteiger partial charge in [-0.3, -0.25) is 0 Å². The Morgan fingerprint density at radius 3 is 2.10 bits per heavy atom. The normalized spacial score (nSPS) is 17.4. The predicted octanol–water partition coefficient (Wildman–Crippen LogP) is 1.39. The summed E-state index contributed by atoms with van der Waals surface area (Å²) in [5, 5.41) is 0. The Morgan fingerprint density at radius 2 is 1.80 bits per heavy atom. The van der Waals surface area contributed by atoms with Crippen molar-refractivity contribution in [2.45, 2.75) is 39.3 Å². The number of rotatable bonds is 4. The van der Waals surface area contributed by atoms with Gasteiger partial charge in [0.2, 0.25) is 0 Å². The molecule has 2 nitrogen and oxygen atoms in total. The van der Waals surface area contributed by atoms with E-state index in [1.807, 2.05) is 6.92 Å². The summed E-state index contributed by atoms with van der Waals surface area (Å²) >= 11 is 0. The highest BCUT2D eigenvalue weighted by molar-refractivity contribution is 4.68. The van der Waals surface area contributed by atoms with Crippen molar-refractivity contribution in [3.8, 4) is 0 Å². The summed E-state index contributed by atoms with van der Waals surface area (Å²) in [7, 11) is 1.72. The van der Waals surface area contributed by atoms with Crippen LogP contribution in [0.1, 0.15) is 27.2 Å². The molecule has 62 valence electrons. The van der Waals surface area contributed by atoms with Gasteiger partial charge in [-0.15, -0.1) is 0 Å². The summed E-state index contributed by atoms with van der Waals surface area (Å²) in [6.45, 7) is 6.31. The average Bonchev–Trinajstić information content (AvgIpc) is 1.87. The van der Waals surface area contributed by atoms with Crippen LogP contribution in [-0.4, -0.2) is 19.3 Å². The van der Waals surface area contributed by atoms with Crippen molar-refractivity contribution >= 4 is 0 Å². The van der Waals surface area contributed by atoms with E-state index in [1.54, 1.807) is 7.11 Å². The van der Waals surface area contributed by atoms with Crippen LogP contribution in [0.2, 0.25) is 0 Å². The van der Waals surface area contributed by atoms with Gasteiger partial charge in [0.15, 0.2) is 0 Å². The molecule has 2 heteroatoms. The molecule has 2 atom stereocenters. The van der Waals surface area contributed by atoms with Crippen molar-refractivity contribution in [3.63, 3.8) is 0 Å². The van der Waals surface area contributed by atoms with Crippen molar-refractivity contribution in [2.75, 3.05) is 7.11 Å². The molecule has 0 saturated heterocycles. The first kappa shape index (κ1) is 9.92. The van der Waals surface area contributed by atoms with E-state index in [9.17, 15) is 0 Å². The van der Waals surface area contributed by atoms with Gasteiger partial charge in [-0.25, -0.2) is 0 Å². The van der Waals surface area contributed by atoms with Gasteiger partial charge in [0, 0.05) is 13.2 Å². The van der Waals surface area contributed by atoms with Crippen molar-refractivity contribution in [1.29, 1.82) is 0 Å². The topological polar surface area (TPSA) is 35.2 Å². The molecule has 0 aromatic heterocycles.